The molecule has 0 saturated carbocycles. The molecular formula is C10H10F2N2OS. The van der Waals surface area contributed by atoms with Crippen LogP contribution < -0.4 is 5.32 Å². The first-order valence-electron chi connectivity index (χ1n) is 4.53. The maximum atomic E-state index is 13.4. The average Bonchev–Trinajstić information content (AvgIpc) is 2.26. The van der Waals surface area contributed by atoms with Gasteiger partial charge in [0.05, 0.1) is 10.7 Å². The maximum Gasteiger partial charge on any atom is 0.316 e. The summed E-state index contributed by atoms with van der Waals surface area (Å²) >= 11 is 1.39. The molecule has 0 saturated heterocycles. The van der Waals surface area contributed by atoms with E-state index >= 15 is 0 Å². The minimum atomic E-state index is -3.37. The second kappa shape index (κ2) is 3.71. The molecule has 0 radical (unpaired) electrons. The number of alkyl halides is 2. The van der Waals surface area contributed by atoms with Crippen molar-refractivity contribution in [1.29, 1.82) is 0 Å². The lowest BCUT2D eigenvalue weighted by Crippen LogP contribution is -2.36. The minimum absolute atomic E-state index is 0.0928. The Hall–Kier alpha value is -1.14. The third-order valence-corrected chi connectivity index (χ3v) is 3.09. The molecular weight excluding hydrogens is 234 g/mol. The molecule has 0 aliphatic carbocycles. The molecule has 1 unspecified atom stereocenters. The number of hydrogen-bond donors (Lipinski definition) is 2. The van der Waals surface area contributed by atoms with E-state index in [0.717, 1.165) is 0 Å². The van der Waals surface area contributed by atoms with Crippen LogP contribution in [0.2, 0.25) is 0 Å². The van der Waals surface area contributed by atoms with Crippen molar-refractivity contribution < 1.29 is 13.9 Å². The maximum absolute atomic E-state index is 13.4. The zero-order valence-corrected chi connectivity index (χ0v) is 9.31. The molecule has 86 valence electrons. The van der Waals surface area contributed by atoms with Crippen molar-refractivity contribution in [2.75, 3.05) is 11.6 Å². The number of pyridine rings is 1. The Balaban J connectivity index is 2.51. The van der Waals surface area contributed by atoms with Gasteiger partial charge in [0.2, 0.25) is 0 Å². The molecule has 0 bridgehead atoms. The van der Waals surface area contributed by atoms with Gasteiger partial charge in [-0.2, -0.15) is 8.78 Å². The molecule has 1 aromatic rings. The number of aromatic nitrogens is 1. The van der Waals surface area contributed by atoms with E-state index < -0.39 is 17.7 Å². The number of anilines is 1. The first kappa shape index (κ1) is 11.3. The predicted molar refractivity (Wildman–Crippen MR) is 58.7 cm³/mol. The fraction of sp³-hybridized carbons (Fsp3) is 0.300. The highest BCUT2D eigenvalue weighted by molar-refractivity contribution is 7.98. The predicted octanol–water partition coefficient (Wildman–Crippen LogP) is 2.41. The second-order valence-corrected chi connectivity index (χ2v) is 4.27. The van der Waals surface area contributed by atoms with Crippen molar-refractivity contribution in [2.24, 2.45) is 0 Å². The number of halogens is 2. The van der Waals surface area contributed by atoms with Crippen LogP contribution in [0, 0.1) is 0 Å². The lowest BCUT2D eigenvalue weighted by atomic mass is 9.97. The summed E-state index contributed by atoms with van der Waals surface area (Å²) in [6, 6.07) is 1.61. The molecule has 6 heteroatoms. The number of aliphatic hydroxyl groups is 1. The summed E-state index contributed by atoms with van der Waals surface area (Å²) in [5, 5.41) is 12.7. The molecule has 1 aromatic heterocycles. The Morgan fingerprint density at radius 2 is 2.31 bits per heavy atom. The van der Waals surface area contributed by atoms with Gasteiger partial charge in [-0.1, -0.05) is 6.58 Å². The quantitative estimate of drug-likeness (QED) is 0.745. The van der Waals surface area contributed by atoms with Crippen LogP contribution in [0.4, 0.5) is 14.5 Å². The van der Waals surface area contributed by atoms with Gasteiger partial charge in [-0.15, -0.1) is 11.8 Å². The van der Waals surface area contributed by atoms with Crippen molar-refractivity contribution in [3.63, 3.8) is 0 Å². The van der Waals surface area contributed by atoms with Crippen LogP contribution in [0.3, 0.4) is 0 Å². The molecule has 3 nitrogen and oxygen atoms in total. The van der Waals surface area contributed by atoms with Gasteiger partial charge in [-0.25, -0.2) is 4.98 Å². The molecule has 0 aromatic carbocycles. The molecule has 1 aliphatic rings. The molecule has 2 N–H and O–H groups in total. The lowest BCUT2D eigenvalue weighted by molar-refractivity contribution is -0.0822. The topological polar surface area (TPSA) is 45.2 Å². The molecule has 1 aliphatic heterocycles. The van der Waals surface area contributed by atoms with Crippen LogP contribution in [0.15, 0.2) is 29.6 Å². The SMILES string of the molecule is C=C1Nc2cc(SC)ncc2C(O)C1(F)F. The number of thioether (sulfide) groups is 1. The zero-order chi connectivity index (χ0) is 11.9. The van der Waals surface area contributed by atoms with Gasteiger partial charge in [-0.05, 0) is 12.3 Å². The summed E-state index contributed by atoms with van der Waals surface area (Å²) < 4.78 is 26.8. The molecule has 0 spiro atoms. The number of fused-ring (bicyclic) bond motifs is 1. The van der Waals surface area contributed by atoms with Crippen molar-refractivity contribution >= 4 is 17.4 Å². The van der Waals surface area contributed by atoms with E-state index in [4.69, 9.17) is 0 Å². The Labute approximate surface area is 95.6 Å². The molecule has 0 fully saturated rings. The summed E-state index contributed by atoms with van der Waals surface area (Å²) in [5.41, 5.74) is 0.0312. The fourth-order valence-electron chi connectivity index (χ4n) is 1.49. The van der Waals surface area contributed by atoms with Crippen LogP contribution in [-0.2, 0) is 0 Å². The number of hydrogen-bond acceptors (Lipinski definition) is 4. The average molecular weight is 244 g/mol. The van der Waals surface area contributed by atoms with Crippen LogP contribution in [0.1, 0.15) is 11.7 Å². The van der Waals surface area contributed by atoms with E-state index in [0.29, 0.717) is 10.7 Å². The Kier molecular flexibility index (Phi) is 2.63. The van der Waals surface area contributed by atoms with Crippen LogP contribution in [0.5, 0.6) is 0 Å². The summed E-state index contributed by atoms with van der Waals surface area (Å²) in [5.74, 6) is -3.37. The lowest BCUT2D eigenvalue weighted by Gasteiger charge is -2.32. The van der Waals surface area contributed by atoms with Crippen molar-refractivity contribution in [1.82, 2.24) is 4.98 Å². The Bertz CT molecular complexity index is 450. The van der Waals surface area contributed by atoms with E-state index in [-0.39, 0.29) is 5.56 Å². The summed E-state index contributed by atoms with van der Waals surface area (Å²) in [4.78, 5) is 3.95. The van der Waals surface area contributed by atoms with Gasteiger partial charge >= 0.3 is 5.92 Å². The van der Waals surface area contributed by atoms with E-state index in [2.05, 4.69) is 16.9 Å². The number of nitrogens with one attached hydrogen (secondary N) is 1. The van der Waals surface area contributed by atoms with Gasteiger partial charge in [-0.3, -0.25) is 0 Å². The van der Waals surface area contributed by atoms with Crippen LogP contribution in [0.25, 0.3) is 0 Å². The van der Waals surface area contributed by atoms with E-state index in [1.807, 2.05) is 6.26 Å². The summed E-state index contributed by atoms with van der Waals surface area (Å²) in [6.07, 6.45) is 1.20. The summed E-state index contributed by atoms with van der Waals surface area (Å²) in [7, 11) is 0. The minimum Gasteiger partial charge on any atom is -0.381 e. The normalized spacial score (nSPS) is 22.5. The molecule has 1 atom stereocenters. The third kappa shape index (κ3) is 1.58. The highest BCUT2D eigenvalue weighted by atomic mass is 32.2. The first-order valence-corrected chi connectivity index (χ1v) is 5.75. The number of nitrogens with zero attached hydrogens (tertiary/aromatic N) is 1. The Morgan fingerprint density at radius 3 is 2.94 bits per heavy atom. The van der Waals surface area contributed by atoms with Gasteiger partial charge in [0.15, 0.2) is 6.10 Å². The highest BCUT2D eigenvalue weighted by Gasteiger charge is 2.47. The van der Waals surface area contributed by atoms with Gasteiger partial charge in [0, 0.05) is 17.4 Å². The smallest absolute Gasteiger partial charge is 0.316 e. The zero-order valence-electron chi connectivity index (χ0n) is 8.50. The van der Waals surface area contributed by atoms with E-state index in [9.17, 15) is 13.9 Å². The van der Waals surface area contributed by atoms with Crippen molar-refractivity contribution in [3.8, 4) is 0 Å². The molecule has 2 rings (SSSR count). The van der Waals surface area contributed by atoms with E-state index in [1.54, 1.807) is 6.07 Å². The van der Waals surface area contributed by atoms with Gasteiger partial charge in [0.25, 0.3) is 0 Å². The van der Waals surface area contributed by atoms with E-state index in [1.165, 1.54) is 18.0 Å². The molecule has 0 amide bonds. The Morgan fingerprint density at radius 1 is 1.62 bits per heavy atom. The third-order valence-electron chi connectivity index (χ3n) is 2.44. The van der Waals surface area contributed by atoms with Gasteiger partial charge in [0.1, 0.15) is 0 Å². The number of aliphatic hydroxyl groups excluding tert-OH is 1. The second-order valence-electron chi connectivity index (χ2n) is 3.44. The van der Waals surface area contributed by atoms with Crippen LogP contribution in [-0.4, -0.2) is 22.3 Å². The molecule has 16 heavy (non-hydrogen) atoms. The molecule has 2 heterocycles. The van der Waals surface area contributed by atoms with Gasteiger partial charge < -0.3 is 10.4 Å². The standard InChI is InChI=1S/C10H10F2N2OS/c1-5-10(11,12)9(15)6-4-13-8(16-2)3-7(6)14-5/h3-4,9,14-15H,1H2,2H3. The van der Waals surface area contributed by atoms with Crippen LogP contribution >= 0.6 is 11.8 Å². The largest absolute Gasteiger partial charge is 0.381 e. The first-order chi connectivity index (χ1) is 7.46. The summed E-state index contributed by atoms with van der Waals surface area (Å²) in [6.45, 7) is 3.22. The van der Waals surface area contributed by atoms with Crippen molar-refractivity contribution in [3.05, 3.63) is 30.1 Å². The highest BCUT2D eigenvalue weighted by Crippen LogP contribution is 2.44. The van der Waals surface area contributed by atoms with Crippen molar-refractivity contribution in [2.45, 2.75) is 17.1 Å². The fourth-order valence-corrected chi connectivity index (χ4v) is 1.88. The number of rotatable bonds is 1. The monoisotopic (exact) mass is 244 g/mol.